The fourth-order valence-electron chi connectivity index (χ4n) is 2.76. The number of aliphatic carboxylic acids is 2. The molecule has 0 aliphatic heterocycles. The van der Waals surface area contributed by atoms with Gasteiger partial charge in [0.2, 0.25) is 0 Å². The molecule has 0 spiro atoms. The van der Waals surface area contributed by atoms with E-state index in [-0.39, 0.29) is 43.9 Å². The summed E-state index contributed by atoms with van der Waals surface area (Å²) in [5.41, 5.74) is 0.803. The van der Waals surface area contributed by atoms with Crippen LogP contribution in [-0.2, 0) is 44.7 Å². The molecule has 0 saturated carbocycles. The second-order valence-electron chi connectivity index (χ2n) is 8.01. The molecule has 0 atom stereocenters. The largest absolute Gasteiger partial charge is 0.493 e. The van der Waals surface area contributed by atoms with Gasteiger partial charge in [0.25, 0.3) is 0 Å². The number of ether oxygens (including phenoxy) is 4. The van der Waals surface area contributed by atoms with Gasteiger partial charge in [-0.1, -0.05) is 45.2 Å². The molecule has 216 valence electrons. The first-order valence-corrected chi connectivity index (χ1v) is 12.1. The van der Waals surface area contributed by atoms with Gasteiger partial charge in [-0.15, -0.1) is 0 Å². The van der Waals surface area contributed by atoms with E-state index in [9.17, 15) is 24.0 Å². The van der Waals surface area contributed by atoms with Crippen molar-refractivity contribution in [2.45, 2.75) is 46.8 Å². The number of benzene rings is 1. The van der Waals surface area contributed by atoms with Crippen molar-refractivity contribution in [3.8, 4) is 5.75 Å². The lowest BCUT2D eigenvalue weighted by molar-refractivity contribution is -0.164. The molecule has 0 heterocycles. The van der Waals surface area contributed by atoms with Crippen LogP contribution in [0.1, 0.15) is 39.7 Å². The van der Waals surface area contributed by atoms with E-state index in [1.54, 1.807) is 24.3 Å². The number of carbonyl (C=O) groups is 5. The highest BCUT2D eigenvalue weighted by atomic mass is 16.6. The fraction of sp³-hybridized carbons (Fsp3) is 0.444. The zero-order valence-corrected chi connectivity index (χ0v) is 22.8. The van der Waals surface area contributed by atoms with Crippen molar-refractivity contribution in [2.24, 2.45) is 0 Å². The Bertz CT molecular complexity index is 973. The number of carbonyl (C=O) groups excluding carboxylic acids is 3. The lowest BCUT2D eigenvalue weighted by Gasteiger charge is -2.20. The maximum absolute atomic E-state index is 12.3. The first kappa shape index (κ1) is 34.8. The standard InChI is InChI=1S/C25H31NO11.C2H6/c1-16(2)24(32)35-14-19(15-36-25(33)17(3)4)37-23(31)9-10-34-20-8-6-5-7-18(20)11-26(12-21(27)28)13-22(29)30;1-2/h5-8,19H,1,3,9-15H2,2,4H3,(H,27,28)(H,29,30);1-2H3. The second-order valence-corrected chi connectivity index (χ2v) is 8.01. The summed E-state index contributed by atoms with van der Waals surface area (Å²) in [4.78, 5) is 59.0. The highest BCUT2D eigenvalue weighted by Crippen LogP contribution is 2.20. The van der Waals surface area contributed by atoms with Crippen molar-refractivity contribution in [2.75, 3.05) is 32.9 Å². The molecule has 1 rings (SSSR count). The van der Waals surface area contributed by atoms with E-state index in [0.717, 1.165) is 0 Å². The van der Waals surface area contributed by atoms with Crippen molar-refractivity contribution in [1.29, 1.82) is 0 Å². The van der Waals surface area contributed by atoms with E-state index in [1.165, 1.54) is 18.7 Å². The molecular weight excluding hydrogens is 514 g/mol. The molecule has 12 heteroatoms. The van der Waals surface area contributed by atoms with Gasteiger partial charge in [0.1, 0.15) is 19.0 Å². The summed E-state index contributed by atoms with van der Waals surface area (Å²) in [6.07, 6.45) is -1.30. The summed E-state index contributed by atoms with van der Waals surface area (Å²) in [5, 5.41) is 18.1. The van der Waals surface area contributed by atoms with E-state index >= 15 is 0 Å². The van der Waals surface area contributed by atoms with E-state index in [2.05, 4.69) is 13.2 Å². The third-order valence-corrected chi connectivity index (χ3v) is 4.44. The Morgan fingerprint density at radius 3 is 1.82 bits per heavy atom. The first-order valence-electron chi connectivity index (χ1n) is 12.1. The van der Waals surface area contributed by atoms with Crippen LogP contribution in [0.25, 0.3) is 0 Å². The Balaban J connectivity index is 0.00000704. The summed E-state index contributed by atoms with van der Waals surface area (Å²) < 4.78 is 20.9. The van der Waals surface area contributed by atoms with Crippen molar-refractivity contribution in [1.82, 2.24) is 4.90 Å². The first-order chi connectivity index (χ1) is 18.4. The molecular formula is C27H37NO11. The molecule has 0 amide bonds. The third-order valence-electron chi connectivity index (χ3n) is 4.44. The minimum Gasteiger partial charge on any atom is -0.493 e. The Morgan fingerprint density at radius 2 is 1.36 bits per heavy atom. The second kappa shape index (κ2) is 19.0. The van der Waals surface area contributed by atoms with Crippen molar-refractivity contribution in [3.05, 3.63) is 54.1 Å². The molecule has 0 aliphatic rings. The van der Waals surface area contributed by atoms with E-state index in [4.69, 9.17) is 29.2 Å². The minimum atomic E-state index is -1.18. The van der Waals surface area contributed by atoms with Crippen molar-refractivity contribution >= 4 is 29.8 Å². The number of carboxylic acids is 2. The van der Waals surface area contributed by atoms with E-state index in [0.29, 0.717) is 11.3 Å². The normalized spacial score (nSPS) is 10.1. The van der Waals surface area contributed by atoms with Gasteiger partial charge >= 0.3 is 29.8 Å². The quantitative estimate of drug-likeness (QED) is 0.165. The lowest BCUT2D eigenvalue weighted by Crippen LogP contribution is -2.34. The van der Waals surface area contributed by atoms with Crippen LogP contribution in [-0.4, -0.2) is 84.0 Å². The van der Waals surface area contributed by atoms with Crippen LogP contribution in [0.2, 0.25) is 0 Å². The van der Waals surface area contributed by atoms with Gasteiger partial charge in [-0.3, -0.25) is 19.3 Å². The lowest BCUT2D eigenvalue weighted by atomic mass is 10.2. The zero-order valence-electron chi connectivity index (χ0n) is 22.8. The van der Waals surface area contributed by atoms with Gasteiger partial charge in [-0.05, 0) is 19.9 Å². The Hall–Kier alpha value is -4.19. The Labute approximate surface area is 227 Å². The number of hydrogen-bond acceptors (Lipinski definition) is 10. The molecule has 0 unspecified atom stereocenters. The van der Waals surface area contributed by atoms with Gasteiger partial charge in [-0.25, -0.2) is 9.59 Å². The van der Waals surface area contributed by atoms with Crippen LogP contribution in [0.15, 0.2) is 48.6 Å². The summed E-state index contributed by atoms with van der Waals surface area (Å²) in [6, 6.07) is 6.58. The highest BCUT2D eigenvalue weighted by molar-refractivity contribution is 5.87. The maximum Gasteiger partial charge on any atom is 0.333 e. The number of para-hydroxylation sites is 1. The van der Waals surface area contributed by atoms with Crippen molar-refractivity contribution < 1.29 is 53.1 Å². The molecule has 12 nitrogen and oxygen atoms in total. The molecule has 1 aromatic rings. The van der Waals surface area contributed by atoms with Crippen LogP contribution in [0.4, 0.5) is 0 Å². The predicted octanol–water partition coefficient (Wildman–Crippen LogP) is 2.60. The van der Waals surface area contributed by atoms with E-state index in [1.807, 2.05) is 13.8 Å². The van der Waals surface area contributed by atoms with Gasteiger partial charge in [-0.2, -0.15) is 0 Å². The van der Waals surface area contributed by atoms with Crippen molar-refractivity contribution in [3.63, 3.8) is 0 Å². The predicted molar refractivity (Wildman–Crippen MR) is 140 cm³/mol. The van der Waals surface area contributed by atoms with Gasteiger partial charge in [0.05, 0.1) is 26.1 Å². The minimum absolute atomic E-state index is 0.0104. The highest BCUT2D eigenvalue weighted by Gasteiger charge is 2.21. The molecule has 0 aliphatic carbocycles. The summed E-state index contributed by atoms with van der Waals surface area (Å²) in [6.45, 7) is 12.0. The molecule has 0 saturated heterocycles. The van der Waals surface area contributed by atoms with Crippen LogP contribution >= 0.6 is 0 Å². The molecule has 2 N–H and O–H groups in total. The summed E-state index contributed by atoms with van der Waals surface area (Å²) in [7, 11) is 0. The van der Waals surface area contributed by atoms with E-state index < -0.39 is 49.0 Å². The monoisotopic (exact) mass is 551 g/mol. The Kier molecular flexibility index (Phi) is 16.9. The molecule has 0 radical (unpaired) electrons. The average Bonchev–Trinajstić information content (AvgIpc) is 2.86. The van der Waals surface area contributed by atoms with Crippen LogP contribution in [0, 0.1) is 0 Å². The van der Waals surface area contributed by atoms with Gasteiger partial charge < -0.3 is 29.2 Å². The average molecular weight is 552 g/mol. The van der Waals surface area contributed by atoms with Crippen LogP contribution in [0.3, 0.4) is 0 Å². The number of nitrogens with zero attached hydrogens (tertiary/aromatic N) is 1. The topological polar surface area (TPSA) is 166 Å². The number of hydrogen-bond donors (Lipinski definition) is 2. The van der Waals surface area contributed by atoms with Gasteiger partial charge in [0, 0.05) is 23.3 Å². The molecule has 1 aromatic carbocycles. The molecule has 0 bridgehead atoms. The number of esters is 3. The maximum atomic E-state index is 12.3. The third kappa shape index (κ3) is 15.6. The van der Waals surface area contributed by atoms with Gasteiger partial charge in [0.15, 0.2) is 6.10 Å². The smallest absolute Gasteiger partial charge is 0.333 e. The number of carboxylic acid groups (broad SMARTS) is 2. The van der Waals surface area contributed by atoms with Crippen LogP contribution < -0.4 is 4.74 Å². The molecule has 0 fully saturated rings. The molecule has 0 aromatic heterocycles. The SMILES string of the molecule is C=C(C)C(=O)OCC(COC(=O)C(=C)C)OC(=O)CCOc1ccccc1CN(CC(=O)O)CC(=O)O.CC. The fourth-order valence-corrected chi connectivity index (χ4v) is 2.76. The number of rotatable bonds is 17. The van der Waals surface area contributed by atoms with Crippen LogP contribution in [0.5, 0.6) is 5.75 Å². The summed E-state index contributed by atoms with van der Waals surface area (Å²) >= 11 is 0. The molecule has 39 heavy (non-hydrogen) atoms. The Morgan fingerprint density at radius 1 is 0.872 bits per heavy atom. The zero-order chi connectivity index (χ0) is 30.0. The summed E-state index contributed by atoms with van der Waals surface area (Å²) in [5.74, 6) is -4.16.